The summed E-state index contributed by atoms with van der Waals surface area (Å²) < 4.78 is 24.8. The zero-order valence-corrected chi connectivity index (χ0v) is 8.46. The quantitative estimate of drug-likeness (QED) is 0.516. The van der Waals surface area contributed by atoms with Gasteiger partial charge in [0, 0.05) is 5.56 Å². The van der Waals surface area contributed by atoms with Gasteiger partial charge in [-0.25, -0.2) is 13.8 Å². The molecule has 1 aromatic heterocycles. The number of rotatable bonds is 2. The molecule has 0 saturated heterocycles. The first-order valence-electron chi connectivity index (χ1n) is 3.25. The number of nitrogens with zero attached hydrogens (tertiary/aromatic N) is 1. The van der Waals surface area contributed by atoms with Crippen LogP contribution in [0, 0.1) is 3.70 Å². The molecule has 0 saturated carbocycles. The number of halogens is 3. The Morgan fingerprint density at radius 2 is 2.23 bits per heavy atom. The molecule has 13 heavy (non-hydrogen) atoms. The number of aromatic nitrogens is 1. The summed E-state index contributed by atoms with van der Waals surface area (Å²) in [4.78, 5) is 14.0. The fourth-order valence-electron chi connectivity index (χ4n) is 0.793. The molecule has 3 nitrogen and oxygen atoms in total. The molecule has 1 heterocycles. The maximum atomic E-state index is 12.2. The SMILES string of the molecule is Nc1nc(I)c(C=O)cc1C(F)F. The first kappa shape index (κ1) is 10.3. The highest BCUT2D eigenvalue weighted by molar-refractivity contribution is 14.1. The summed E-state index contributed by atoms with van der Waals surface area (Å²) in [6.45, 7) is 0. The van der Waals surface area contributed by atoms with Crippen molar-refractivity contribution in [3.63, 3.8) is 0 Å². The van der Waals surface area contributed by atoms with Gasteiger partial charge in [-0.3, -0.25) is 4.79 Å². The van der Waals surface area contributed by atoms with Gasteiger partial charge in [-0.05, 0) is 28.7 Å². The van der Waals surface area contributed by atoms with Gasteiger partial charge in [0.15, 0.2) is 6.29 Å². The number of anilines is 1. The molecule has 2 N–H and O–H groups in total. The second-order valence-electron chi connectivity index (χ2n) is 2.26. The average molecular weight is 298 g/mol. The molecule has 0 atom stereocenters. The van der Waals surface area contributed by atoms with Crippen molar-refractivity contribution in [3.05, 3.63) is 20.9 Å². The van der Waals surface area contributed by atoms with Crippen LogP contribution in [0.2, 0.25) is 0 Å². The van der Waals surface area contributed by atoms with Crippen molar-refractivity contribution in [2.45, 2.75) is 6.43 Å². The van der Waals surface area contributed by atoms with Crippen molar-refractivity contribution in [2.24, 2.45) is 0 Å². The van der Waals surface area contributed by atoms with Crippen LogP contribution >= 0.6 is 22.6 Å². The van der Waals surface area contributed by atoms with E-state index >= 15 is 0 Å². The predicted molar refractivity (Wildman–Crippen MR) is 51.7 cm³/mol. The Morgan fingerprint density at radius 3 is 2.69 bits per heavy atom. The van der Waals surface area contributed by atoms with E-state index in [9.17, 15) is 13.6 Å². The third kappa shape index (κ3) is 2.11. The molecule has 0 aliphatic heterocycles. The van der Waals surface area contributed by atoms with Gasteiger partial charge < -0.3 is 5.73 Å². The van der Waals surface area contributed by atoms with Crippen LogP contribution in [0.15, 0.2) is 6.07 Å². The van der Waals surface area contributed by atoms with E-state index in [1.54, 1.807) is 22.6 Å². The van der Waals surface area contributed by atoms with Crippen LogP contribution < -0.4 is 5.73 Å². The number of pyridine rings is 1. The number of hydrogen-bond acceptors (Lipinski definition) is 3. The Labute approximate surface area is 86.5 Å². The molecule has 0 bridgehead atoms. The van der Waals surface area contributed by atoms with E-state index < -0.39 is 12.0 Å². The number of carbonyl (C=O) groups excluding carboxylic acids is 1. The second-order valence-corrected chi connectivity index (χ2v) is 3.28. The average Bonchev–Trinajstić information content (AvgIpc) is 2.03. The molecule has 0 spiro atoms. The van der Waals surface area contributed by atoms with Crippen molar-refractivity contribution >= 4 is 34.7 Å². The van der Waals surface area contributed by atoms with Crippen molar-refractivity contribution in [2.75, 3.05) is 5.73 Å². The van der Waals surface area contributed by atoms with Crippen LogP contribution in [-0.2, 0) is 0 Å². The Balaban J connectivity index is 3.30. The van der Waals surface area contributed by atoms with E-state index in [-0.39, 0.29) is 11.4 Å². The number of alkyl halides is 2. The smallest absolute Gasteiger partial charge is 0.267 e. The molecule has 0 aliphatic carbocycles. The van der Waals surface area contributed by atoms with Gasteiger partial charge in [-0.15, -0.1) is 0 Å². The molecule has 1 aromatic rings. The standard InChI is InChI=1S/C7H5F2IN2O/c8-5(9)4-1-3(2-13)6(10)12-7(4)11/h1-2,5H,(H2,11,12). The first-order valence-corrected chi connectivity index (χ1v) is 4.33. The van der Waals surface area contributed by atoms with Crippen LogP contribution in [0.3, 0.4) is 0 Å². The third-order valence-corrected chi connectivity index (χ3v) is 2.29. The Hall–Kier alpha value is -0.790. The summed E-state index contributed by atoms with van der Waals surface area (Å²) in [5.74, 6) is -0.231. The molecular formula is C7H5F2IN2O. The minimum atomic E-state index is -2.71. The predicted octanol–water partition coefficient (Wildman–Crippen LogP) is 2.02. The van der Waals surface area contributed by atoms with E-state index in [2.05, 4.69) is 4.98 Å². The molecule has 0 amide bonds. The van der Waals surface area contributed by atoms with E-state index in [1.807, 2.05) is 0 Å². The van der Waals surface area contributed by atoms with Gasteiger partial charge in [-0.2, -0.15) is 0 Å². The van der Waals surface area contributed by atoms with Gasteiger partial charge in [-0.1, -0.05) is 0 Å². The lowest BCUT2D eigenvalue weighted by Crippen LogP contribution is -2.03. The number of aldehydes is 1. The summed E-state index contributed by atoms with van der Waals surface area (Å²) in [5.41, 5.74) is 4.96. The largest absolute Gasteiger partial charge is 0.383 e. The molecule has 0 unspecified atom stereocenters. The summed E-state index contributed by atoms with van der Waals surface area (Å²) >= 11 is 1.76. The van der Waals surface area contributed by atoms with Crippen molar-refractivity contribution in [1.29, 1.82) is 0 Å². The highest BCUT2D eigenvalue weighted by Gasteiger charge is 2.15. The first-order chi connectivity index (χ1) is 6.06. The van der Waals surface area contributed by atoms with Crippen LogP contribution in [0.25, 0.3) is 0 Å². The molecule has 0 fully saturated rings. The molecule has 0 aromatic carbocycles. The number of nitrogen functional groups attached to an aromatic ring is 1. The van der Waals surface area contributed by atoms with E-state index in [0.29, 0.717) is 9.99 Å². The van der Waals surface area contributed by atoms with Crippen molar-refractivity contribution in [3.8, 4) is 0 Å². The van der Waals surface area contributed by atoms with Gasteiger partial charge in [0.05, 0.1) is 5.56 Å². The van der Waals surface area contributed by atoms with Crippen LogP contribution in [0.5, 0.6) is 0 Å². The topological polar surface area (TPSA) is 56.0 Å². The Morgan fingerprint density at radius 1 is 1.62 bits per heavy atom. The minimum absolute atomic E-state index is 0.130. The Bertz CT molecular complexity index is 344. The van der Waals surface area contributed by atoms with Crippen molar-refractivity contribution in [1.82, 2.24) is 4.98 Å². The van der Waals surface area contributed by atoms with E-state index in [1.165, 1.54) is 0 Å². The second kappa shape index (κ2) is 3.95. The van der Waals surface area contributed by atoms with E-state index in [4.69, 9.17) is 5.73 Å². The molecule has 0 radical (unpaired) electrons. The maximum absolute atomic E-state index is 12.2. The number of hydrogen-bond donors (Lipinski definition) is 1. The maximum Gasteiger partial charge on any atom is 0.267 e. The lowest BCUT2D eigenvalue weighted by molar-refractivity contribution is 0.112. The molecule has 0 aliphatic rings. The highest BCUT2D eigenvalue weighted by Crippen LogP contribution is 2.25. The lowest BCUT2D eigenvalue weighted by Gasteiger charge is -2.05. The fraction of sp³-hybridized carbons (Fsp3) is 0.143. The highest BCUT2D eigenvalue weighted by atomic mass is 127. The summed E-state index contributed by atoms with van der Waals surface area (Å²) in [5, 5.41) is 0. The lowest BCUT2D eigenvalue weighted by atomic mass is 10.2. The number of nitrogens with two attached hydrogens (primary N) is 1. The third-order valence-electron chi connectivity index (χ3n) is 1.43. The summed E-state index contributed by atoms with van der Waals surface area (Å²) in [6, 6.07) is 1.06. The zero-order valence-electron chi connectivity index (χ0n) is 6.30. The number of carbonyl (C=O) groups is 1. The summed E-state index contributed by atoms with van der Waals surface area (Å²) in [7, 11) is 0. The zero-order chi connectivity index (χ0) is 10.0. The van der Waals surface area contributed by atoms with Crippen LogP contribution in [-0.4, -0.2) is 11.3 Å². The van der Waals surface area contributed by atoms with E-state index in [0.717, 1.165) is 6.07 Å². The fourth-order valence-corrected chi connectivity index (χ4v) is 1.34. The van der Waals surface area contributed by atoms with Gasteiger partial charge >= 0.3 is 0 Å². The molecule has 6 heteroatoms. The van der Waals surface area contributed by atoms with Gasteiger partial charge in [0.1, 0.15) is 9.52 Å². The Kier molecular flexibility index (Phi) is 3.12. The van der Waals surface area contributed by atoms with Crippen LogP contribution in [0.1, 0.15) is 22.3 Å². The summed E-state index contributed by atoms with van der Waals surface area (Å²) in [6.07, 6.45) is -2.23. The van der Waals surface area contributed by atoms with Crippen LogP contribution in [0.4, 0.5) is 14.6 Å². The van der Waals surface area contributed by atoms with Gasteiger partial charge in [0.2, 0.25) is 0 Å². The van der Waals surface area contributed by atoms with Crippen molar-refractivity contribution < 1.29 is 13.6 Å². The minimum Gasteiger partial charge on any atom is -0.383 e. The molecule has 1 rings (SSSR count). The van der Waals surface area contributed by atoms with Gasteiger partial charge in [0.25, 0.3) is 6.43 Å². The monoisotopic (exact) mass is 298 g/mol. The normalized spacial score (nSPS) is 10.5. The molecule has 70 valence electrons. The molecular weight excluding hydrogens is 293 g/mol.